The van der Waals surface area contributed by atoms with E-state index in [0.717, 1.165) is 36.6 Å². The Balaban J connectivity index is 1.73. The number of para-hydroxylation sites is 1. The molecule has 4 nitrogen and oxygen atoms in total. The van der Waals surface area contributed by atoms with Gasteiger partial charge < -0.3 is 10.6 Å². The van der Waals surface area contributed by atoms with Crippen LogP contribution in [0.4, 0.5) is 5.69 Å². The molecular formula is C20H30ClN3O. The minimum Gasteiger partial charge on any atom is -0.370 e. The summed E-state index contributed by atoms with van der Waals surface area (Å²) in [5.74, 6) is 1.52. The van der Waals surface area contributed by atoms with Gasteiger partial charge in [0.25, 0.3) is 0 Å². The molecule has 1 heterocycles. The Morgan fingerprint density at radius 1 is 1.32 bits per heavy atom. The number of nitrogens with two attached hydrogens (primary N) is 1. The van der Waals surface area contributed by atoms with Crippen molar-refractivity contribution in [2.24, 2.45) is 23.5 Å². The monoisotopic (exact) mass is 363 g/mol. The molecule has 0 unspecified atom stereocenters. The number of fused-ring (bicyclic) bond motifs is 1. The lowest BCUT2D eigenvalue weighted by Gasteiger charge is -2.35. The van der Waals surface area contributed by atoms with Crippen molar-refractivity contribution in [3.8, 4) is 0 Å². The Bertz CT molecular complexity index is 621. The van der Waals surface area contributed by atoms with E-state index in [9.17, 15) is 4.79 Å². The molecule has 25 heavy (non-hydrogen) atoms. The summed E-state index contributed by atoms with van der Waals surface area (Å²) in [6.45, 7) is 6.37. The first-order chi connectivity index (χ1) is 11.9. The number of primary amides is 1. The predicted molar refractivity (Wildman–Crippen MR) is 104 cm³/mol. The standard InChI is InChI=1S/C20H30ClN3O/c1-13(2)10-19(20(22)25)23(3)17-9-8-14-11-24(12-15(14)17)18-7-5-4-6-16(18)21/h4-7,13-15,17,19H,8-12H2,1-3H3,(H2,22,25)/t14-,15+,17+,19+/m1/s1. The summed E-state index contributed by atoms with van der Waals surface area (Å²) in [7, 11) is 2.09. The second-order valence-electron chi connectivity index (χ2n) is 8.14. The van der Waals surface area contributed by atoms with E-state index in [-0.39, 0.29) is 11.9 Å². The van der Waals surface area contributed by atoms with Gasteiger partial charge in [-0.05, 0) is 56.2 Å². The van der Waals surface area contributed by atoms with Crippen LogP contribution in [-0.4, -0.2) is 43.0 Å². The Labute approximate surface area is 156 Å². The third-order valence-corrected chi connectivity index (χ3v) is 6.37. The van der Waals surface area contributed by atoms with E-state index < -0.39 is 0 Å². The summed E-state index contributed by atoms with van der Waals surface area (Å²) in [6.07, 6.45) is 3.20. The van der Waals surface area contributed by atoms with Gasteiger partial charge in [-0.1, -0.05) is 37.6 Å². The largest absolute Gasteiger partial charge is 0.370 e. The van der Waals surface area contributed by atoms with Gasteiger partial charge >= 0.3 is 0 Å². The first-order valence-electron chi connectivity index (χ1n) is 9.39. The third-order valence-electron chi connectivity index (χ3n) is 6.05. The molecule has 3 rings (SSSR count). The Morgan fingerprint density at radius 3 is 2.68 bits per heavy atom. The van der Waals surface area contributed by atoms with Crippen LogP contribution in [0.25, 0.3) is 0 Å². The molecule has 5 heteroatoms. The van der Waals surface area contributed by atoms with Crippen molar-refractivity contribution in [2.45, 2.75) is 45.2 Å². The van der Waals surface area contributed by atoms with Crippen molar-refractivity contribution in [1.82, 2.24) is 4.90 Å². The van der Waals surface area contributed by atoms with Crippen molar-refractivity contribution in [3.05, 3.63) is 29.3 Å². The second-order valence-corrected chi connectivity index (χ2v) is 8.55. The molecule has 1 aliphatic heterocycles. The number of likely N-dealkylation sites (N-methyl/N-ethyl adjacent to an activating group) is 1. The highest BCUT2D eigenvalue weighted by molar-refractivity contribution is 6.33. The van der Waals surface area contributed by atoms with Gasteiger partial charge in [0.1, 0.15) is 0 Å². The van der Waals surface area contributed by atoms with E-state index in [1.807, 2.05) is 18.2 Å². The molecule has 2 aliphatic rings. The molecule has 1 saturated heterocycles. The number of rotatable bonds is 6. The molecule has 4 atom stereocenters. The van der Waals surface area contributed by atoms with Gasteiger partial charge in [0, 0.05) is 19.1 Å². The van der Waals surface area contributed by atoms with E-state index in [1.165, 1.54) is 6.42 Å². The second kappa shape index (κ2) is 7.55. The molecule has 1 saturated carbocycles. The zero-order chi connectivity index (χ0) is 18.1. The lowest BCUT2D eigenvalue weighted by atomic mass is 9.94. The van der Waals surface area contributed by atoms with Crippen LogP contribution in [-0.2, 0) is 4.79 Å². The number of anilines is 1. The van der Waals surface area contributed by atoms with Gasteiger partial charge in [-0.2, -0.15) is 0 Å². The summed E-state index contributed by atoms with van der Waals surface area (Å²) in [5, 5.41) is 0.821. The number of nitrogens with zero attached hydrogens (tertiary/aromatic N) is 2. The Hall–Kier alpha value is -1.26. The van der Waals surface area contributed by atoms with Crippen LogP contribution < -0.4 is 10.6 Å². The van der Waals surface area contributed by atoms with Crippen LogP contribution in [0.15, 0.2) is 24.3 Å². The summed E-state index contributed by atoms with van der Waals surface area (Å²) in [4.78, 5) is 16.7. The number of benzene rings is 1. The average molecular weight is 364 g/mol. The maximum Gasteiger partial charge on any atom is 0.234 e. The molecular weight excluding hydrogens is 334 g/mol. The highest BCUT2D eigenvalue weighted by atomic mass is 35.5. The van der Waals surface area contributed by atoms with Crippen LogP contribution in [0.1, 0.15) is 33.1 Å². The van der Waals surface area contributed by atoms with Crippen LogP contribution in [0.5, 0.6) is 0 Å². The van der Waals surface area contributed by atoms with Crippen LogP contribution in [0, 0.1) is 17.8 Å². The molecule has 0 aromatic heterocycles. The van der Waals surface area contributed by atoms with Gasteiger partial charge in [-0.25, -0.2) is 0 Å². The van der Waals surface area contributed by atoms with E-state index >= 15 is 0 Å². The fourth-order valence-electron chi connectivity index (χ4n) is 4.81. The Morgan fingerprint density at radius 2 is 2.04 bits per heavy atom. The third kappa shape index (κ3) is 3.80. The zero-order valence-electron chi connectivity index (χ0n) is 15.5. The van der Waals surface area contributed by atoms with Gasteiger partial charge in [0.05, 0.1) is 16.8 Å². The number of amides is 1. The molecule has 1 aromatic rings. The highest BCUT2D eigenvalue weighted by Gasteiger charge is 2.46. The SMILES string of the molecule is CC(C)C[C@@H](C(N)=O)N(C)[C@H]1CC[C@@H]2CN(c3ccccc3Cl)C[C@@H]21. The highest BCUT2D eigenvalue weighted by Crippen LogP contribution is 2.43. The number of hydrogen-bond donors (Lipinski definition) is 1. The van der Waals surface area contributed by atoms with E-state index in [4.69, 9.17) is 17.3 Å². The molecule has 0 radical (unpaired) electrons. The predicted octanol–water partition coefficient (Wildman–Crippen LogP) is 3.39. The maximum absolute atomic E-state index is 12.0. The summed E-state index contributed by atoms with van der Waals surface area (Å²) < 4.78 is 0. The molecule has 0 bridgehead atoms. The topological polar surface area (TPSA) is 49.6 Å². The normalized spacial score (nSPS) is 27.1. The van der Waals surface area contributed by atoms with Crippen molar-refractivity contribution < 1.29 is 4.79 Å². The number of halogens is 1. The first kappa shape index (κ1) is 18.5. The van der Waals surface area contributed by atoms with E-state index in [0.29, 0.717) is 23.8 Å². The molecule has 2 N–H and O–H groups in total. The fourth-order valence-corrected chi connectivity index (χ4v) is 5.06. The molecule has 1 aromatic carbocycles. The van der Waals surface area contributed by atoms with Crippen LogP contribution in [0.2, 0.25) is 5.02 Å². The fraction of sp³-hybridized carbons (Fsp3) is 0.650. The smallest absolute Gasteiger partial charge is 0.234 e. The minimum atomic E-state index is -0.194. The van der Waals surface area contributed by atoms with Gasteiger partial charge in [-0.3, -0.25) is 9.69 Å². The molecule has 1 aliphatic carbocycles. The van der Waals surface area contributed by atoms with Crippen molar-refractivity contribution in [3.63, 3.8) is 0 Å². The minimum absolute atomic E-state index is 0.168. The number of hydrogen-bond acceptors (Lipinski definition) is 3. The average Bonchev–Trinajstić information content (AvgIpc) is 3.12. The van der Waals surface area contributed by atoms with Gasteiger partial charge in [0.15, 0.2) is 0 Å². The summed E-state index contributed by atoms with van der Waals surface area (Å²) >= 11 is 6.40. The first-order valence-corrected chi connectivity index (χ1v) is 9.77. The van der Waals surface area contributed by atoms with Crippen LogP contribution >= 0.6 is 11.6 Å². The molecule has 0 spiro atoms. The van der Waals surface area contributed by atoms with Crippen molar-refractivity contribution >= 4 is 23.2 Å². The number of carbonyl (C=O) groups is 1. The zero-order valence-corrected chi connectivity index (χ0v) is 16.2. The van der Waals surface area contributed by atoms with E-state index in [2.05, 4.69) is 36.8 Å². The molecule has 138 valence electrons. The van der Waals surface area contributed by atoms with Gasteiger partial charge in [-0.15, -0.1) is 0 Å². The van der Waals surface area contributed by atoms with Crippen molar-refractivity contribution in [1.29, 1.82) is 0 Å². The molecule has 2 fully saturated rings. The maximum atomic E-state index is 12.0. The summed E-state index contributed by atoms with van der Waals surface area (Å²) in [5.41, 5.74) is 6.85. The molecule has 1 amide bonds. The van der Waals surface area contributed by atoms with E-state index in [1.54, 1.807) is 0 Å². The number of carbonyl (C=O) groups excluding carboxylic acids is 1. The quantitative estimate of drug-likeness (QED) is 0.842. The van der Waals surface area contributed by atoms with Crippen LogP contribution in [0.3, 0.4) is 0 Å². The van der Waals surface area contributed by atoms with Crippen molar-refractivity contribution in [2.75, 3.05) is 25.0 Å². The Kier molecular flexibility index (Phi) is 5.59. The summed E-state index contributed by atoms with van der Waals surface area (Å²) in [6, 6.07) is 8.34. The van der Waals surface area contributed by atoms with Gasteiger partial charge in [0.2, 0.25) is 5.91 Å². The lowest BCUT2D eigenvalue weighted by Crippen LogP contribution is -2.50. The lowest BCUT2D eigenvalue weighted by molar-refractivity contribution is -0.124.